The Hall–Kier alpha value is -0.0800. The molecule has 0 spiro atoms. The lowest BCUT2D eigenvalue weighted by Gasteiger charge is -2.26. The highest BCUT2D eigenvalue weighted by Gasteiger charge is 2.26. The lowest BCUT2D eigenvalue weighted by atomic mass is 9.91. The van der Waals surface area contributed by atoms with Gasteiger partial charge in [-0.1, -0.05) is 32.6 Å². The highest BCUT2D eigenvalue weighted by atomic mass is 16.3. The Morgan fingerprint density at radius 2 is 2.00 bits per heavy atom. The van der Waals surface area contributed by atoms with E-state index in [2.05, 4.69) is 12.2 Å². The molecule has 14 heavy (non-hydrogen) atoms. The molecule has 0 amide bonds. The fourth-order valence-corrected chi connectivity index (χ4v) is 2.44. The molecule has 0 radical (unpaired) electrons. The first kappa shape index (κ1) is 12.0. The van der Waals surface area contributed by atoms with Gasteiger partial charge in [-0.25, -0.2) is 0 Å². The van der Waals surface area contributed by atoms with Crippen LogP contribution >= 0.6 is 0 Å². The van der Waals surface area contributed by atoms with Gasteiger partial charge in [0.15, 0.2) is 0 Å². The number of aliphatic hydroxyl groups is 1. The number of hydrogen-bond donors (Lipinski definition) is 2. The van der Waals surface area contributed by atoms with Crippen molar-refractivity contribution in [2.45, 2.75) is 58.0 Å². The lowest BCUT2D eigenvalue weighted by Crippen LogP contribution is -2.39. The van der Waals surface area contributed by atoms with Crippen molar-refractivity contribution in [1.82, 2.24) is 5.32 Å². The zero-order chi connectivity index (χ0) is 10.4. The maximum atomic E-state index is 10.1. The number of rotatable bonds is 6. The van der Waals surface area contributed by atoms with Crippen molar-refractivity contribution in [3.63, 3.8) is 0 Å². The zero-order valence-electron chi connectivity index (χ0n) is 9.68. The van der Waals surface area contributed by atoms with E-state index < -0.39 is 5.60 Å². The van der Waals surface area contributed by atoms with E-state index in [1.54, 1.807) is 0 Å². The summed E-state index contributed by atoms with van der Waals surface area (Å²) in [4.78, 5) is 0. The van der Waals surface area contributed by atoms with Gasteiger partial charge < -0.3 is 10.4 Å². The summed E-state index contributed by atoms with van der Waals surface area (Å²) in [5.41, 5.74) is -0.496. The van der Waals surface area contributed by atoms with E-state index in [1.807, 2.05) is 6.92 Å². The van der Waals surface area contributed by atoms with E-state index in [0.717, 1.165) is 31.8 Å². The fourth-order valence-electron chi connectivity index (χ4n) is 2.44. The Morgan fingerprint density at radius 1 is 1.36 bits per heavy atom. The monoisotopic (exact) mass is 199 g/mol. The summed E-state index contributed by atoms with van der Waals surface area (Å²) >= 11 is 0. The highest BCUT2D eigenvalue weighted by Crippen LogP contribution is 2.31. The maximum Gasteiger partial charge on any atom is 0.0746 e. The minimum absolute atomic E-state index is 0.496. The van der Waals surface area contributed by atoms with E-state index in [0.29, 0.717) is 0 Å². The molecule has 1 unspecified atom stereocenters. The Labute approximate surface area is 88.1 Å². The molecular formula is C12H25NO. The quantitative estimate of drug-likeness (QED) is 0.643. The summed E-state index contributed by atoms with van der Waals surface area (Å²) < 4.78 is 0. The lowest BCUT2D eigenvalue weighted by molar-refractivity contribution is 0.0349. The van der Waals surface area contributed by atoms with Crippen LogP contribution in [0.5, 0.6) is 0 Å². The molecule has 0 saturated heterocycles. The van der Waals surface area contributed by atoms with Crippen LogP contribution in [0.15, 0.2) is 0 Å². The SMILES string of the molecule is CCCNCC(C)(O)CC1CCCC1. The van der Waals surface area contributed by atoms with Gasteiger partial charge in [0.25, 0.3) is 0 Å². The molecule has 84 valence electrons. The maximum absolute atomic E-state index is 10.1. The summed E-state index contributed by atoms with van der Waals surface area (Å²) in [6, 6.07) is 0. The van der Waals surface area contributed by atoms with Crippen molar-refractivity contribution < 1.29 is 5.11 Å². The van der Waals surface area contributed by atoms with Gasteiger partial charge in [-0.2, -0.15) is 0 Å². The first-order valence-electron chi connectivity index (χ1n) is 6.07. The van der Waals surface area contributed by atoms with Gasteiger partial charge in [0.05, 0.1) is 5.60 Å². The zero-order valence-corrected chi connectivity index (χ0v) is 9.68. The molecule has 1 atom stereocenters. The summed E-state index contributed by atoms with van der Waals surface area (Å²) in [5.74, 6) is 0.772. The van der Waals surface area contributed by atoms with E-state index in [-0.39, 0.29) is 0 Å². The van der Waals surface area contributed by atoms with E-state index in [9.17, 15) is 5.11 Å². The topological polar surface area (TPSA) is 32.3 Å². The summed E-state index contributed by atoms with van der Waals surface area (Å²) in [6.07, 6.45) is 7.49. The third kappa shape index (κ3) is 4.43. The van der Waals surface area contributed by atoms with Crippen LogP contribution in [-0.2, 0) is 0 Å². The minimum Gasteiger partial charge on any atom is -0.389 e. The Bertz CT molecular complexity index is 150. The molecule has 1 rings (SSSR count). The minimum atomic E-state index is -0.496. The van der Waals surface area contributed by atoms with Gasteiger partial charge >= 0.3 is 0 Å². The van der Waals surface area contributed by atoms with Crippen molar-refractivity contribution in [2.75, 3.05) is 13.1 Å². The third-order valence-electron chi connectivity index (χ3n) is 3.14. The second-order valence-electron chi connectivity index (χ2n) is 5.03. The smallest absolute Gasteiger partial charge is 0.0746 e. The highest BCUT2D eigenvalue weighted by molar-refractivity contribution is 4.81. The molecule has 1 aliphatic rings. The molecule has 2 nitrogen and oxygen atoms in total. The van der Waals surface area contributed by atoms with Crippen molar-refractivity contribution in [1.29, 1.82) is 0 Å². The van der Waals surface area contributed by atoms with Crippen LogP contribution in [0.3, 0.4) is 0 Å². The van der Waals surface area contributed by atoms with Crippen LogP contribution in [0.25, 0.3) is 0 Å². The Balaban J connectivity index is 2.18. The first-order valence-corrected chi connectivity index (χ1v) is 6.07. The van der Waals surface area contributed by atoms with Gasteiger partial charge in [0.2, 0.25) is 0 Å². The predicted molar refractivity (Wildman–Crippen MR) is 60.4 cm³/mol. The molecule has 1 fully saturated rings. The van der Waals surface area contributed by atoms with Crippen LogP contribution in [0.2, 0.25) is 0 Å². The summed E-state index contributed by atoms with van der Waals surface area (Å²) in [5, 5.41) is 13.4. The Morgan fingerprint density at radius 3 is 2.57 bits per heavy atom. The molecule has 2 heteroatoms. The van der Waals surface area contributed by atoms with Crippen LogP contribution in [-0.4, -0.2) is 23.8 Å². The van der Waals surface area contributed by atoms with Gasteiger partial charge in [-0.3, -0.25) is 0 Å². The fraction of sp³-hybridized carbons (Fsp3) is 1.00. The predicted octanol–water partition coefficient (Wildman–Crippen LogP) is 2.32. The van der Waals surface area contributed by atoms with E-state index in [4.69, 9.17) is 0 Å². The van der Waals surface area contributed by atoms with Crippen LogP contribution < -0.4 is 5.32 Å². The number of nitrogens with one attached hydrogen (secondary N) is 1. The van der Waals surface area contributed by atoms with Crippen molar-refractivity contribution in [3.05, 3.63) is 0 Å². The second kappa shape index (κ2) is 5.72. The molecule has 2 N–H and O–H groups in total. The van der Waals surface area contributed by atoms with E-state index >= 15 is 0 Å². The third-order valence-corrected chi connectivity index (χ3v) is 3.14. The van der Waals surface area contributed by atoms with Crippen LogP contribution in [0, 0.1) is 5.92 Å². The molecule has 1 saturated carbocycles. The summed E-state index contributed by atoms with van der Waals surface area (Å²) in [7, 11) is 0. The molecular weight excluding hydrogens is 174 g/mol. The molecule has 0 aromatic rings. The van der Waals surface area contributed by atoms with Crippen LogP contribution in [0.4, 0.5) is 0 Å². The average molecular weight is 199 g/mol. The van der Waals surface area contributed by atoms with Crippen molar-refractivity contribution in [2.24, 2.45) is 5.92 Å². The van der Waals surface area contributed by atoms with Crippen molar-refractivity contribution >= 4 is 0 Å². The second-order valence-corrected chi connectivity index (χ2v) is 5.03. The number of hydrogen-bond acceptors (Lipinski definition) is 2. The first-order chi connectivity index (χ1) is 6.64. The molecule has 0 aromatic carbocycles. The molecule has 1 aliphatic carbocycles. The van der Waals surface area contributed by atoms with Gasteiger partial charge in [-0.15, -0.1) is 0 Å². The summed E-state index contributed by atoms with van der Waals surface area (Å²) in [6.45, 7) is 5.88. The van der Waals surface area contributed by atoms with E-state index in [1.165, 1.54) is 25.7 Å². The normalized spacial score (nSPS) is 22.5. The average Bonchev–Trinajstić information content (AvgIpc) is 2.56. The van der Waals surface area contributed by atoms with Crippen molar-refractivity contribution in [3.8, 4) is 0 Å². The van der Waals surface area contributed by atoms with Crippen LogP contribution in [0.1, 0.15) is 52.4 Å². The van der Waals surface area contributed by atoms with Gasteiger partial charge in [0, 0.05) is 6.54 Å². The molecule has 0 heterocycles. The van der Waals surface area contributed by atoms with Gasteiger partial charge in [-0.05, 0) is 32.2 Å². The standard InChI is InChI=1S/C12H25NO/c1-3-8-13-10-12(2,14)9-11-6-4-5-7-11/h11,13-14H,3-10H2,1-2H3. The van der Waals surface area contributed by atoms with Gasteiger partial charge in [0.1, 0.15) is 0 Å². The molecule has 0 bridgehead atoms. The Kier molecular flexibility index (Phi) is 4.90. The largest absolute Gasteiger partial charge is 0.389 e. The molecule has 0 aliphatic heterocycles. The molecule has 0 aromatic heterocycles.